The summed E-state index contributed by atoms with van der Waals surface area (Å²) in [5.74, 6) is 2.02. The van der Waals surface area contributed by atoms with Crippen molar-refractivity contribution < 1.29 is 9.53 Å². The van der Waals surface area contributed by atoms with Crippen LogP contribution in [0.2, 0.25) is 0 Å². The summed E-state index contributed by atoms with van der Waals surface area (Å²) in [5, 5.41) is 8.73. The largest absolute Gasteiger partial charge is 0.494 e. The molecule has 0 radical (unpaired) electrons. The van der Waals surface area contributed by atoms with Gasteiger partial charge in [-0.05, 0) is 44.0 Å². The Morgan fingerprint density at radius 1 is 1.00 bits per heavy atom. The van der Waals surface area contributed by atoms with Crippen molar-refractivity contribution in [2.45, 2.75) is 46.5 Å². The Balaban J connectivity index is 1.49. The van der Waals surface area contributed by atoms with E-state index in [4.69, 9.17) is 4.74 Å². The van der Waals surface area contributed by atoms with Crippen molar-refractivity contribution in [1.82, 2.24) is 29.9 Å². The lowest BCUT2D eigenvalue weighted by Crippen LogP contribution is -2.50. The second kappa shape index (κ2) is 10.6. The van der Waals surface area contributed by atoms with Gasteiger partial charge in [0, 0.05) is 32.1 Å². The number of aromatic nitrogens is 5. The highest BCUT2D eigenvalue weighted by molar-refractivity contribution is 5.84. The third-order valence-electron chi connectivity index (χ3n) is 6.13. The molecule has 2 aromatic heterocycles. The fourth-order valence-corrected chi connectivity index (χ4v) is 4.48. The molecule has 9 heteroatoms. The lowest BCUT2D eigenvalue weighted by Gasteiger charge is -2.37. The van der Waals surface area contributed by atoms with E-state index in [9.17, 15) is 4.79 Å². The van der Waals surface area contributed by atoms with Crippen LogP contribution >= 0.6 is 0 Å². The molecule has 33 heavy (non-hydrogen) atoms. The summed E-state index contributed by atoms with van der Waals surface area (Å²) in [6.07, 6.45) is 5.57. The molecule has 176 valence electrons. The van der Waals surface area contributed by atoms with Crippen LogP contribution in [-0.2, 0) is 4.79 Å². The van der Waals surface area contributed by atoms with Crippen molar-refractivity contribution in [2.75, 3.05) is 37.7 Å². The van der Waals surface area contributed by atoms with Gasteiger partial charge >= 0.3 is 0 Å². The lowest BCUT2D eigenvalue weighted by atomic mass is 9.96. The van der Waals surface area contributed by atoms with Gasteiger partial charge in [-0.1, -0.05) is 31.9 Å². The number of fused-ring (bicyclic) bond motifs is 1. The van der Waals surface area contributed by atoms with Crippen LogP contribution in [0.1, 0.15) is 46.5 Å². The molecule has 4 rings (SSSR count). The average Bonchev–Trinajstić information content (AvgIpc) is 3.29. The van der Waals surface area contributed by atoms with Gasteiger partial charge in [-0.15, -0.1) is 5.10 Å². The van der Waals surface area contributed by atoms with Crippen LogP contribution in [-0.4, -0.2) is 68.6 Å². The number of piperazine rings is 1. The molecular formula is C24H33N7O2. The third kappa shape index (κ3) is 4.91. The summed E-state index contributed by atoms with van der Waals surface area (Å²) in [6.45, 7) is 9.71. The van der Waals surface area contributed by atoms with Gasteiger partial charge in [-0.2, -0.15) is 4.68 Å². The molecule has 1 aromatic carbocycles. The molecule has 0 N–H and O–H groups in total. The third-order valence-corrected chi connectivity index (χ3v) is 6.13. The minimum Gasteiger partial charge on any atom is -0.494 e. The first-order valence-electron chi connectivity index (χ1n) is 12.0. The van der Waals surface area contributed by atoms with Gasteiger partial charge < -0.3 is 14.5 Å². The minimum absolute atomic E-state index is 0.145. The first kappa shape index (κ1) is 22.9. The van der Waals surface area contributed by atoms with Gasteiger partial charge in [0.25, 0.3) is 0 Å². The standard InChI is InChI=1S/C24H33N7O2/c1-4-7-18(8-5-2)24(32)30-15-13-29(14-16-30)22-21-23(26-17-25-22)31(28-27-21)19-9-11-20(12-10-19)33-6-3/h9-12,17-18H,4-8,13-16H2,1-3H3. The van der Waals surface area contributed by atoms with E-state index < -0.39 is 0 Å². The normalized spacial score (nSPS) is 14.3. The number of hydrogen-bond donors (Lipinski definition) is 0. The van der Waals surface area contributed by atoms with Crippen LogP contribution < -0.4 is 9.64 Å². The zero-order chi connectivity index (χ0) is 23.2. The molecule has 1 saturated heterocycles. The first-order chi connectivity index (χ1) is 16.2. The van der Waals surface area contributed by atoms with Gasteiger partial charge in [0.1, 0.15) is 12.1 Å². The predicted octanol–water partition coefficient (Wildman–Crippen LogP) is 3.47. The Hall–Kier alpha value is -3.23. The second-order valence-corrected chi connectivity index (χ2v) is 8.38. The van der Waals surface area contributed by atoms with Crippen LogP contribution in [0.25, 0.3) is 16.9 Å². The van der Waals surface area contributed by atoms with Crippen molar-refractivity contribution in [2.24, 2.45) is 5.92 Å². The zero-order valence-electron chi connectivity index (χ0n) is 19.8. The molecule has 0 bridgehead atoms. The van der Waals surface area contributed by atoms with Crippen LogP contribution in [0.4, 0.5) is 5.82 Å². The Morgan fingerprint density at radius 3 is 2.33 bits per heavy atom. The van der Waals surface area contributed by atoms with Crippen LogP contribution in [0.3, 0.4) is 0 Å². The molecule has 0 atom stereocenters. The summed E-state index contributed by atoms with van der Waals surface area (Å²) in [4.78, 5) is 26.2. The Morgan fingerprint density at radius 2 is 1.70 bits per heavy atom. The molecule has 0 spiro atoms. The smallest absolute Gasteiger partial charge is 0.225 e. The van der Waals surface area contributed by atoms with Crippen molar-refractivity contribution >= 4 is 22.9 Å². The lowest BCUT2D eigenvalue weighted by molar-refractivity contribution is -0.136. The van der Waals surface area contributed by atoms with Crippen molar-refractivity contribution in [3.05, 3.63) is 30.6 Å². The van der Waals surface area contributed by atoms with E-state index in [0.717, 1.165) is 56.0 Å². The molecule has 1 aliphatic heterocycles. The van der Waals surface area contributed by atoms with Gasteiger partial charge in [0.15, 0.2) is 17.0 Å². The SMILES string of the molecule is CCCC(CCC)C(=O)N1CCN(c2ncnc3c2nnn3-c2ccc(OCC)cc2)CC1. The molecule has 0 aliphatic carbocycles. The summed E-state index contributed by atoms with van der Waals surface area (Å²) in [6, 6.07) is 7.70. The second-order valence-electron chi connectivity index (χ2n) is 8.38. The van der Waals surface area contributed by atoms with Crippen LogP contribution in [0, 0.1) is 5.92 Å². The Bertz CT molecular complexity index is 1050. The number of carbonyl (C=O) groups is 1. The number of amides is 1. The van der Waals surface area contributed by atoms with E-state index in [1.54, 1.807) is 11.0 Å². The van der Waals surface area contributed by atoms with Gasteiger partial charge in [-0.25, -0.2) is 9.97 Å². The molecule has 1 amide bonds. The van der Waals surface area contributed by atoms with E-state index in [-0.39, 0.29) is 5.92 Å². The quantitative estimate of drug-likeness (QED) is 0.492. The topological polar surface area (TPSA) is 89.3 Å². The van der Waals surface area contributed by atoms with E-state index in [2.05, 4.69) is 39.0 Å². The predicted molar refractivity (Wildman–Crippen MR) is 128 cm³/mol. The maximum atomic E-state index is 13.0. The number of benzene rings is 1. The maximum Gasteiger partial charge on any atom is 0.225 e. The molecule has 0 saturated carbocycles. The monoisotopic (exact) mass is 451 g/mol. The van der Waals surface area contributed by atoms with Crippen LogP contribution in [0.15, 0.2) is 30.6 Å². The number of rotatable bonds is 9. The maximum absolute atomic E-state index is 13.0. The molecule has 1 fully saturated rings. The summed E-state index contributed by atoms with van der Waals surface area (Å²) >= 11 is 0. The molecular weight excluding hydrogens is 418 g/mol. The van der Waals surface area contributed by atoms with Gasteiger partial charge in [0.05, 0.1) is 12.3 Å². The van der Waals surface area contributed by atoms with E-state index in [1.807, 2.05) is 36.1 Å². The molecule has 3 aromatic rings. The molecule has 3 heterocycles. The molecule has 1 aliphatic rings. The number of carbonyl (C=O) groups excluding carboxylic acids is 1. The van der Waals surface area contributed by atoms with Crippen molar-refractivity contribution in [3.63, 3.8) is 0 Å². The highest BCUT2D eigenvalue weighted by atomic mass is 16.5. The highest BCUT2D eigenvalue weighted by Crippen LogP contribution is 2.25. The fourth-order valence-electron chi connectivity index (χ4n) is 4.48. The van der Waals surface area contributed by atoms with Gasteiger partial charge in [-0.3, -0.25) is 4.79 Å². The number of nitrogens with zero attached hydrogens (tertiary/aromatic N) is 7. The van der Waals surface area contributed by atoms with E-state index >= 15 is 0 Å². The summed E-state index contributed by atoms with van der Waals surface area (Å²) < 4.78 is 7.24. The van der Waals surface area contributed by atoms with Crippen LogP contribution in [0.5, 0.6) is 5.75 Å². The average molecular weight is 452 g/mol. The first-order valence-corrected chi connectivity index (χ1v) is 12.0. The van der Waals surface area contributed by atoms with Crippen molar-refractivity contribution in [3.8, 4) is 11.4 Å². The summed E-state index contributed by atoms with van der Waals surface area (Å²) in [7, 11) is 0. The number of anilines is 1. The molecule has 9 nitrogen and oxygen atoms in total. The molecule has 0 unspecified atom stereocenters. The van der Waals surface area contributed by atoms with Gasteiger partial charge in [0.2, 0.25) is 5.91 Å². The fraction of sp³-hybridized carbons (Fsp3) is 0.542. The van der Waals surface area contributed by atoms with E-state index in [0.29, 0.717) is 36.8 Å². The minimum atomic E-state index is 0.145. The number of ether oxygens (including phenoxy) is 1. The summed E-state index contributed by atoms with van der Waals surface area (Å²) in [5.41, 5.74) is 2.19. The number of hydrogen-bond acceptors (Lipinski definition) is 7. The highest BCUT2D eigenvalue weighted by Gasteiger charge is 2.28. The Labute approximate surface area is 194 Å². The van der Waals surface area contributed by atoms with E-state index in [1.165, 1.54) is 0 Å². The Kier molecular flexibility index (Phi) is 7.36. The van der Waals surface area contributed by atoms with Crippen molar-refractivity contribution in [1.29, 1.82) is 0 Å². The zero-order valence-corrected chi connectivity index (χ0v) is 19.8.